The van der Waals surface area contributed by atoms with Crippen molar-refractivity contribution >= 4 is 11.8 Å². The molecule has 2 aliphatic carbocycles. The number of rotatable bonds is 4. The van der Waals surface area contributed by atoms with E-state index in [1.54, 1.807) is 0 Å². The van der Waals surface area contributed by atoms with E-state index in [1.807, 2.05) is 0 Å². The number of hydrogen-bond donors (Lipinski definition) is 3. The fraction of sp³-hybridized carbons (Fsp3) is 0.913. The van der Waals surface area contributed by atoms with Crippen molar-refractivity contribution in [2.75, 3.05) is 0 Å². The average molecular weight is 392 g/mol. The van der Waals surface area contributed by atoms with Gasteiger partial charge in [-0.05, 0) is 68.6 Å². The van der Waals surface area contributed by atoms with Crippen LogP contribution < -0.4 is 16.0 Å². The molecular formula is C23H41N3O2. The minimum atomic E-state index is -0.243. The number of nitrogens with one attached hydrogen (secondary N) is 3. The highest BCUT2D eigenvalue weighted by atomic mass is 16.2. The highest BCUT2D eigenvalue weighted by Crippen LogP contribution is 2.30. The standard InChI is InChI=1S/C23H41N3O2/c1-14-8-5-9-15(2)20(14)25-22(27)18-12-7-13-19(24-18)23(28)26-21-16(3)10-6-11-17(21)4/h14-21,24H,5-13H2,1-4H3,(H,25,27)(H,26,28). The van der Waals surface area contributed by atoms with Crippen LogP contribution in [-0.2, 0) is 9.59 Å². The molecule has 0 spiro atoms. The summed E-state index contributed by atoms with van der Waals surface area (Å²) in [6.07, 6.45) is 9.85. The Morgan fingerprint density at radius 1 is 0.607 bits per heavy atom. The molecule has 0 aromatic carbocycles. The van der Waals surface area contributed by atoms with Crippen molar-refractivity contribution in [3.8, 4) is 0 Å². The van der Waals surface area contributed by atoms with Gasteiger partial charge in [0.15, 0.2) is 0 Å². The summed E-state index contributed by atoms with van der Waals surface area (Å²) >= 11 is 0. The zero-order chi connectivity index (χ0) is 20.3. The van der Waals surface area contributed by atoms with Crippen molar-refractivity contribution in [3.63, 3.8) is 0 Å². The van der Waals surface area contributed by atoms with Crippen LogP contribution in [0, 0.1) is 23.7 Å². The van der Waals surface area contributed by atoms with Crippen LogP contribution in [-0.4, -0.2) is 36.0 Å². The Morgan fingerprint density at radius 2 is 0.929 bits per heavy atom. The molecule has 3 fully saturated rings. The van der Waals surface area contributed by atoms with Crippen LogP contribution in [0.25, 0.3) is 0 Å². The summed E-state index contributed by atoms with van der Waals surface area (Å²) in [6.45, 7) is 8.99. The Morgan fingerprint density at radius 3 is 1.29 bits per heavy atom. The van der Waals surface area contributed by atoms with Crippen molar-refractivity contribution in [2.24, 2.45) is 23.7 Å². The molecule has 28 heavy (non-hydrogen) atoms. The van der Waals surface area contributed by atoms with Crippen LogP contribution in [0.4, 0.5) is 0 Å². The lowest BCUT2D eigenvalue weighted by Crippen LogP contribution is -2.60. The molecule has 3 aliphatic rings. The first-order valence-electron chi connectivity index (χ1n) is 11.7. The van der Waals surface area contributed by atoms with Gasteiger partial charge < -0.3 is 10.6 Å². The Labute approximate surface area is 171 Å². The molecule has 3 rings (SSSR count). The third-order valence-corrected chi connectivity index (χ3v) is 7.73. The third-order valence-electron chi connectivity index (χ3n) is 7.73. The Hall–Kier alpha value is -1.10. The maximum atomic E-state index is 12.9. The Bertz CT molecular complexity index is 486. The Kier molecular flexibility index (Phi) is 7.41. The quantitative estimate of drug-likeness (QED) is 0.688. The molecule has 0 aromatic rings. The van der Waals surface area contributed by atoms with Gasteiger partial charge in [-0.3, -0.25) is 14.9 Å². The first-order chi connectivity index (χ1) is 13.4. The maximum Gasteiger partial charge on any atom is 0.237 e. The molecule has 6 unspecified atom stereocenters. The van der Waals surface area contributed by atoms with E-state index >= 15 is 0 Å². The fourth-order valence-electron chi connectivity index (χ4n) is 5.81. The van der Waals surface area contributed by atoms with Gasteiger partial charge in [-0.25, -0.2) is 0 Å². The molecule has 0 aromatic heterocycles. The second-order valence-corrected chi connectivity index (χ2v) is 10.0. The van der Waals surface area contributed by atoms with Gasteiger partial charge in [-0.2, -0.15) is 0 Å². The molecule has 5 nitrogen and oxygen atoms in total. The summed E-state index contributed by atoms with van der Waals surface area (Å²) < 4.78 is 0. The summed E-state index contributed by atoms with van der Waals surface area (Å²) in [5.74, 6) is 2.30. The second kappa shape index (κ2) is 9.60. The van der Waals surface area contributed by atoms with Crippen LogP contribution in [0.2, 0.25) is 0 Å². The molecule has 2 amide bonds. The van der Waals surface area contributed by atoms with E-state index in [9.17, 15) is 9.59 Å². The molecule has 160 valence electrons. The van der Waals surface area contributed by atoms with Crippen molar-refractivity contribution in [3.05, 3.63) is 0 Å². The lowest BCUT2D eigenvalue weighted by atomic mass is 9.78. The summed E-state index contributed by atoms with van der Waals surface area (Å²) in [5, 5.41) is 9.99. The van der Waals surface area contributed by atoms with E-state index in [0.717, 1.165) is 19.3 Å². The maximum absolute atomic E-state index is 12.9. The zero-order valence-corrected chi connectivity index (χ0v) is 18.3. The highest BCUT2D eigenvalue weighted by molar-refractivity contribution is 5.86. The van der Waals surface area contributed by atoms with Gasteiger partial charge in [0, 0.05) is 12.1 Å². The molecule has 1 saturated heterocycles. The molecular weight excluding hydrogens is 350 g/mol. The summed E-state index contributed by atoms with van der Waals surface area (Å²) in [5.41, 5.74) is 0. The molecule has 0 radical (unpaired) electrons. The third kappa shape index (κ3) is 5.08. The normalized spacial score (nSPS) is 41.9. The van der Waals surface area contributed by atoms with Crippen molar-refractivity contribution < 1.29 is 9.59 Å². The summed E-state index contributed by atoms with van der Waals surface area (Å²) in [7, 11) is 0. The van der Waals surface area contributed by atoms with E-state index in [1.165, 1.54) is 38.5 Å². The number of carbonyl (C=O) groups excluding carboxylic acids is 2. The molecule has 1 aliphatic heterocycles. The van der Waals surface area contributed by atoms with E-state index in [0.29, 0.717) is 23.7 Å². The largest absolute Gasteiger partial charge is 0.351 e. The van der Waals surface area contributed by atoms with Crippen LogP contribution >= 0.6 is 0 Å². The van der Waals surface area contributed by atoms with Crippen LogP contribution in [0.1, 0.15) is 85.5 Å². The molecule has 5 heteroatoms. The number of hydrogen-bond acceptors (Lipinski definition) is 3. The minimum absolute atomic E-state index is 0.0857. The van der Waals surface area contributed by atoms with Gasteiger partial charge in [0.25, 0.3) is 0 Å². The van der Waals surface area contributed by atoms with E-state index in [-0.39, 0.29) is 36.0 Å². The van der Waals surface area contributed by atoms with Gasteiger partial charge in [-0.1, -0.05) is 40.5 Å². The molecule has 1 heterocycles. The smallest absolute Gasteiger partial charge is 0.237 e. The number of piperidine rings is 1. The monoisotopic (exact) mass is 391 g/mol. The topological polar surface area (TPSA) is 70.2 Å². The molecule has 3 N–H and O–H groups in total. The number of carbonyl (C=O) groups is 2. The zero-order valence-electron chi connectivity index (χ0n) is 18.3. The van der Waals surface area contributed by atoms with Gasteiger partial charge >= 0.3 is 0 Å². The fourth-order valence-corrected chi connectivity index (χ4v) is 5.81. The first-order valence-corrected chi connectivity index (χ1v) is 11.7. The predicted molar refractivity (Wildman–Crippen MR) is 113 cm³/mol. The van der Waals surface area contributed by atoms with Crippen molar-refractivity contribution in [1.29, 1.82) is 0 Å². The van der Waals surface area contributed by atoms with E-state index < -0.39 is 0 Å². The first kappa shape index (κ1) is 21.6. The number of amides is 2. The molecule has 6 atom stereocenters. The minimum Gasteiger partial charge on any atom is -0.351 e. The van der Waals surface area contributed by atoms with Crippen LogP contribution in [0.15, 0.2) is 0 Å². The summed E-state index contributed by atoms with van der Waals surface area (Å²) in [6, 6.07) is 0.0430. The predicted octanol–water partition coefficient (Wildman–Crippen LogP) is 3.38. The summed E-state index contributed by atoms with van der Waals surface area (Å²) in [4.78, 5) is 25.8. The van der Waals surface area contributed by atoms with Crippen molar-refractivity contribution in [1.82, 2.24) is 16.0 Å². The lowest BCUT2D eigenvalue weighted by molar-refractivity contribution is -0.128. The van der Waals surface area contributed by atoms with Crippen LogP contribution in [0.5, 0.6) is 0 Å². The molecule has 0 bridgehead atoms. The van der Waals surface area contributed by atoms with E-state index in [4.69, 9.17) is 0 Å². The lowest BCUT2D eigenvalue weighted by Gasteiger charge is -2.38. The van der Waals surface area contributed by atoms with Gasteiger partial charge in [0.1, 0.15) is 0 Å². The molecule has 2 saturated carbocycles. The van der Waals surface area contributed by atoms with Gasteiger partial charge in [0.05, 0.1) is 12.1 Å². The second-order valence-electron chi connectivity index (χ2n) is 10.0. The van der Waals surface area contributed by atoms with Crippen LogP contribution in [0.3, 0.4) is 0 Å². The van der Waals surface area contributed by atoms with Gasteiger partial charge in [-0.15, -0.1) is 0 Å². The highest BCUT2D eigenvalue weighted by Gasteiger charge is 2.36. The van der Waals surface area contributed by atoms with Crippen molar-refractivity contribution in [2.45, 2.75) is 110 Å². The Balaban J connectivity index is 1.54. The average Bonchev–Trinajstić information content (AvgIpc) is 2.67. The SMILES string of the molecule is CC1CCCC(C)C1NC(=O)C1CCCC(C(=O)NC2C(C)CCCC2C)N1. The van der Waals surface area contributed by atoms with E-state index in [2.05, 4.69) is 43.6 Å². The van der Waals surface area contributed by atoms with Gasteiger partial charge in [0.2, 0.25) is 11.8 Å².